The summed E-state index contributed by atoms with van der Waals surface area (Å²) in [5, 5.41) is 0. The zero-order valence-electron chi connectivity index (χ0n) is 10.9. The van der Waals surface area contributed by atoms with Gasteiger partial charge in [-0.15, -0.1) is 0 Å². The van der Waals surface area contributed by atoms with Gasteiger partial charge in [0.1, 0.15) is 5.82 Å². The molecular weight excluding hydrogens is 319 g/mol. The van der Waals surface area contributed by atoms with Crippen molar-refractivity contribution in [2.24, 2.45) is 5.84 Å². The number of nitrogens with two attached hydrogens (primary N) is 1. The number of benzene rings is 2. The zero-order valence-corrected chi connectivity index (χ0v) is 12.5. The van der Waals surface area contributed by atoms with E-state index in [2.05, 4.69) is 45.6 Å². The van der Waals surface area contributed by atoms with Crippen LogP contribution in [0.25, 0.3) is 0 Å². The summed E-state index contributed by atoms with van der Waals surface area (Å²) in [4.78, 5) is 0. The van der Waals surface area contributed by atoms with Gasteiger partial charge in [0.15, 0.2) is 0 Å². The molecule has 3 rings (SSSR count). The second-order valence-corrected chi connectivity index (χ2v) is 6.05. The van der Waals surface area contributed by atoms with Gasteiger partial charge in [0.25, 0.3) is 0 Å². The van der Waals surface area contributed by atoms with Crippen LogP contribution in [0.5, 0.6) is 0 Å². The van der Waals surface area contributed by atoms with Crippen LogP contribution in [0.3, 0.4) is 0 Å². The minimum absolute atomic E-state index is 0.175. The van der Waals surface area contributed by atoms with E-state index in [9.17, 15) is 4.39 Å². The molecule has 20 heavy (non-hydrogen) atoms. The third-order valence-corrected chi connectivity index (χ3v) is 4.65. The Hall–Kier alpha value is -1.23. The number of hydrazine groups is 1. The van der Waals surface area contributed by atoms with E-state index >= 15 is 0 Å². The number of rotatable bonds is 4. The lowest BCUT2D eigenvalue weighted by atomic mass is 9.74. The van der Waals surface area contributed by atoms with Crippen LogP contribution >= 0.6 is 15.9 Å². The summed E-state index contributed by atoms with van der Waals surface area (Å²) in [6, 6.07) is 13.6. The van der Waals surface area contributed by atoms with Gasteiger partial charge in [0, 0.05) is 11.6 Å². The minimum atomic E-state index is -0.233. The van der Waals surface area contributed by atoms with Crippen LogP contribution in [0.4, 0.5) is 4.39 Å². The van der Waals surface area contributed by atoms with Gasteiger partial charge in [-0.3, -0.25) is 11.3 Å². The molecular formula is C16H16BrFN2. The summed E-state index contributed by atoms with van der Waals surface area (Å²) in [7, 11) is 0. The van der Waals surface area contributed by atoms with Crippen LogP contribution in [0, 0.1) is 5.82 Å². The Balaban J connectivity index is 1.81. The summed E-state index contributed by atoms with van der Waals surface area (Å²) in [5.74, 6) is 5.86. The molecule has 104 valence electrons. The Kier molecular flexibility index (Phi) is 3.87. The maximum atomic E-state index is 14.2. The highest BCUT2D eigenvalue weighted by molar-refractivity contribution is 9.10. The average Bonchev–Trinajstić information content (AvgIpc) is 2.44. The quantitative estimate of drug-likeness (QED) is 0.658. The molecule has 1 aliphatic rings. The molecule has 1 aliphatic carbocycles. The average molecular weight is 335 g/mol. The van der Waals surface area contributed by atoms with Crippen molar-refractivity contribution in [2.45, 2.75) is 24.8 Å². The maximum absolute atomic E-state index is 14.2. The second kappa shape index (κ2) is 5.64. The monoisotopic (exact) mass is 334 g/mol. The van der Waals surface area contributed by atoms with E-state index in [4.69, 9.17) is 5.84 Å². The minimum Gasteiger partial charge on any atom is -0.271 e. The second-order valence-electron chi connectivity index (χ2n) is 5.20. The van der Waals surface area contributed by atoms with E-state index in [1.54, 1.807) is 12.1 Å². The summed E-state index contributed by atoms with van der Waals surface area (Å²) in [5.41, 5.74) is 6.13. The van der Waals surface area contributed by atoms with E-state index in [1.807, 2.05) is 6.07 Å². The summed E-state index contributed by atoms with van der Waals surface area (Å²) < 4.78 is 14.6. The van der Waals surface area contributed by atoms with Gasteiger partial charge < -0.3 is 0 Å². The summed E-state index contributed by atoms with van der Waals surface area (Å²) in [6.45, 7) is 0. The van der Waals surface area contributed by atoms with Gasteiger partial charge in [-0.2, -0.15) is 0 Å². The Morgan fingerprint density at radius 2 is 2.05 bits per heavy atom. The topological polar surface area (TPSA) is 38.0 Å². The number of hydrogen-bond acceptors (Lipinski definition) is 2. The van der Waals surface area contributed by atoms with E-state index < -0.39 is 0 Å². The summed E-state index contributed by atoms with van der Waals surface area (Å²) >= 11 is 3.22. The Morgan fingerprint density at radius 3 is 2.80 bits per heavy atom. The molecule has 2 unspecified atom stereocenters. The molecule has 0 spiro atoms. The molecule has 0 aliphatic heterocycles. The Labute approximate surface area is 126 Å². The van der Waals surface area contributed by atoms with E-state index in [0.717, 1.165) is 12.8 Å². The standard InChI is InChI=1S/C16H16BrFN2/c17-14-7-3-6-13(16(14)18)15(20-19)9-11-8-10-4-1-2-5-12(10)11/h1-7,11,15,20H,8-9,19H2. The highest BCUT2D eigenvalue weighted by atomic mass is 79.9. The maximum Gasteiger partial charge on any atom is 0.142 e. The van der Waals surface area contributed by atoms with Gasteiger partial charge in [-0.05, 0) is 51.9 Å². The van der Waals surface area contributed by atoms with Crippen LogP contribution in [0.2, 0.25) is 0 Å². The lowest BCUT2D eigenvalue weighted by molar-refractivity contribution is 0.421. The van der Waals surface area contributed by atoms with Crippen LogP contribution in [0.15, 0.2) is 46.9 Å². The van der Waals surface area contributed by atoms with E-state index in [-0.39, 0.29) is 11.9 Å². The van der Waals surface area contributed by atoms with Gasteiger partial charge in [0.2, 0.25) is 0 Å². The normalized spacial score (nSPS) is 18.2. The van der Waals surface area contributed by atoms with Crippen molar-refractivity contribution in [3.8, 4) is 0 Å². The first kappa shape index (κ1) is 13.7. The van der Waals surface area contributed by atoms with Crippen LogP contribution < -0.4 is 11.3 Å². The number of hydrogen-bond donors (Lipinski definition) is 2. The predicted octanol–water partition coefficient (Wildman–Crippen LogP) is 3.82. The zero-order chi connectivity index (χ0) is 14.1. The van der Waals surface area contributed by atoms with E-state index in [0.29, 0.717) is 16.0 Å². The van der Waals surface area contributed by atoms with Crippen molar-refractivity contribution in [3.63, 3.8) is 0 Å². The Morgan fingerprint density at radius 1 is 1.25 bits per heavy atom. The van der Waals surface area contributed by atoms with Gasteiger partial charge >= 0.3 is 0 Å². The molecule has 3 N–H and O–H groups in total. The SMILES string of the molecule is NNC(CC1Cc2ccccc21)c1cccc(Br)c1F. The molecule has 2 atom stereocenters. The third kappa shape index (κ3) is 2.39. The fourth-order valence-corrected chi connectivity index (χ4v) is 3.31. The fourth-order valence-electron chi connectivity index (χ4n) is 2.93. The van der Waals surface area contributed by atoms with Crippen LogP contribution in [0.1, 0.15) is 35.1 Å². The van der Waals surface area contributed by atoms with Gasteiger partial charge in [0.05, 0.1) is 4.47 Å². The van der Waals surface area contributed by atoms with Gasteiger partial charge in [-0.1, -0.05) is 36.4 Å². The molecule has 0 saturated carbocycles. The van der Waals surface area contributed by atoms with Crippen molar-refractivity contribution in [1.82, 2.24) is 5.43 Å². The molecule has 0 fully saturated rings. The Bertz CT molecular complexity index is 630. The molecule has 0 saturated heterocycles. The molecule has 2 aromatic rings. The van der Waals surface area contributed by atoms with Crippen LogP contribution in [-0.4, -0.2) is 0 Å². The number of nitrogens with one attached hydrogen (secondary N) is 1. The predicted molar refractivity (Wildman–Crippen MR) is 81.7 cm³/mol. The van der Waals surface area contributed by atoms with Gasteiger partial charge in [-0.25, -0.2) is 4.39 Å². The first-order valence-corrected chi connectivity index (χ1v) is 7.48. The third-order valence-electron chi connectivity index (χ3n) is 4.04. The molecule has 4 heteroatoms. The highest BCUT2D eigenvalue weighted by Gasteiger charge is 2.29. The first-order chi connectivity index (χ1) is 9.70. The molecule has 2 aromatic carbocycles. The van der Waals surface area contributed by atoms with Crippen LogP contribution in [-0.2, 0) is 6.42 Å². The summed E-state index contributed by atoms with van der Waals surface area (Å²) in [6.07, 6.45) is 1.85. The van der Waals surface area contributed by atoms with Crippen molar-refractivity contribution in [1.29, 1.82) is 0 Å². The molecule has 0 aromatic heterocycles. The highest BCUT2D eigenvalue weighted by Crippen LogP contribution is 2.41. The smallest absolute Gasteiger partial charge is 0.142 e. The molecule has 0 bridgehead atoms. The van der Waals surface area contributed by atoms with Crippen molar-refractivity contribution < 1.29 is 4.39 Å². The van der Waals surface area contributed by atoms with Crippen molar-refractivity contribution >= 4 is 15.9 Å². The molecule has 0 radical (unpaired) electrons. The lowest BCUT2D eigenvalue weighted by Crippen LogP contribution is -2.32. The largest absolute Gasteiger partial charge is 0.271 e. The first-order valence-electron chi connectivity index (χ1n) is 6.68. The fraction of sp³-hybridized carbons (Fsp3) is 0.250. The lowest BCUT2D eigenvalue weighted by Gasteiger charge is -2.33. The van der Waals surface area contributed by atoms with Crippen molar-refractivity contribution in [3.05, 3.63) is 69.4 Å². The van der Waals surface area contributed by atoms with E-state index in [1.165, 1.54) is 11.1 Å². The number of fused-ring (bicyclic) bond motifs is 1. The van der Waals surface area contributed by atoms with Crippen molar-refractivity contribution in [2.75, 3.05) is 0 Å². The molecule has 0 heterocycles. The molecule has 2 nitrogen and oxygen atoms in total. The number of halogens is 2. The molecule has 0 amide bonds.